The second-order valence-electron chi connectivity index (χ2n) is 5.76. The Balaban J connectivity index is 1.89. The van der Waals surface area contributed by atoms with E-state index in [2.05, 4.69) is 9.88 Å². The molecule has 7 heteroatoms. The summed E-state index contributed by atoms with van der Waals surface area (Å²) in [5.41, 5.74) is 0.725. The number of hydrogen-bond donors (Lipinski definition) is 0. The molecule has 3 rings (SSSR count). The quantitative estimate of drug-likeness (QED) is 0.611. The minimum absolute atomic E-state index is 0.135. The highest BCUT2D eigenvalue weighted by Gasteiger charge is 2.28. The van der Waals surface area contributed by atoms with Crippen molar-refractivity contribution in [1.82, 2.24) is 4.98 Å². The van der Waals surface area contributed by atoms with E-state index in [1.807, 2.05) is 37.3 Å². The smallest absolute Gasteiger partial charge is 0.305 e. The van der Waals surface area contributed by atoms with Gasteiger partial charge in [-0.25, -0.2) is 4.98 Å². The summed E-state index contributed by atoms with van der Waals surface area (Å²) < 4.78 is 5.48. The van der Waals surface area contributed by atoms with Crippen molar-refractivity contribution in [2.24, 2.45) is 0 Å². The van der Waals surface area contributed by atoms with Crippen LogP contribution in [0.4, 0.5) is 11.5 Å². The first-order valence-corrected chi connectivity index (χ1v) is 8.19. The first kappa shape index (κ1) is 16.7. The van der Waals surface area contributed by atoms with E-state index in [1.54, 1.807) is 6.07 Å². The van der Waals surface area contributed by atoms with Gasteiger partial charge in [0.15, 0.2) is 0 Å². The number of hydrogen-bond acceptors (Lipinski definition) is 6. The summed E-state index contributed by atoms with van der Waals surface area (Å²) in [4.78, 5) is 16.7. The maximum Gasteiger partial charge on any atom is 0.305 e. The lowest BCUT2D eigenvalue weighted by atomic mass is 10.0. The van der Waals surface area contributed by atoms with Crippen molar-refractivity contribution in [3.05, 3.63) is 57.8 Å². The minimum Gasteiger partial charge on any atom is -0.494 e. The van der Waals surface area contributed by atoms with Crippen molar-refractivity contribution in [2.75, 3.05) is 18.1 Å². The molecular weight excluding hydrogens is 320 g/mol. The van der Waals surface area contributed by atoms with E-state index in [0.29, 0.717) is 12.4 Å². The number of nitro groups is 1. The largest absolute Gasteiger partial charge is 0.494 e. The van der Waals surface area contributed by atoms with E-state index in [0.717, 1.165) is 30.7 Å². The van der Waals surface area contributed by atoms with Crippen molar-refractivity contribution in [1.29, 1.82) is 5.26 Å². The van der Waals surface area contributed by atoms with Crippen molar-refractivity contribution in [2.45, 2.75) is 25.8 Å². The predicted octanol–water partition coefficient (Wildman–Crippen LogP) is 3.60. The Morgan fingerprint density at radius 3 is 2.76 bits per heavy atom. The van der Waals surface area contributed by atoms with Crippen LogP contribution in [0.25, 0.3) is 0 Å². The Labute approximate surface area is 145 Å². The molecule has 1 unspecified atom stereocenters. The molecule has 1 aromatic carbocycles. The van der Waals surface area contributed by atoms with Crippen molar-refractivity contribution >= 4 is 11.5 Å². The molecule has 1 saturated heterocycles. The second-order valence-corrected chi connectivity index (χ2v) is 5.76. The zero-order valence-corrected chi connectivity index (χ0v) is 13.9. The highest BCUT2D eigenvalue weighted by molar-refractivity contribution is 5.53. The first-order chi connectivity index (χ1) is 12.1. The average Bonchev–Trinajstić information content (AvgIpc) is 3.11. The van der Waals surface area contributed by atoms with Gasteiger partial charge in [-0.05, 0) is 43.5 Å². The van der Waals surface area contributed by atoms with Gasteiger partial charge in [-0.3, -0.25) is 10.1 Å². The molecule has 1 aromatic heterocycles. The van der Waals surface area contributed by atoms with Gasteiger partial charge in [-0.2, -0.15) is 5.26 Å². The molecule has 0 bridgehead atoms. The van der Waals surface area contributed by atoms with Crippen molar-refractivity contribution < 1.29 is 9.66 Å². The number of pyridine rings is 1. The second kappa shape index (κ2) is 7.18. The van der Waals surface area contributed by atoms with Gasteiger partial charge >= 0.3 is 5.69 Å². The Hall–Kier alpha value is -3.14. The van der Waals surface area contributed by atoms with E-state index in [1.165, 1.54) is 6.07 Å². The Bertz CT molecular complexity index is 814. The summed E-state index contributed by atoms with van der Waals surface area (Å²) in [6, 6.07) is 12.9. The third kappa shape index (κ3) is 3.38. The van der Waals surface area contributed by atoms with Crippen LogP contribution >= 0.6 is 0 Å². The van der Waals surface area contributed by atoms with Crippen LogP contribution < -0.4 is 9.64 Å². The molecule has 1 aliphatic heterocycles. The van der Waals surface area contributed by atoms with Gasteiger partial charge < -0.3 is 9.64 Å². The lowest BCUT2D eigenvalue weighted by molar-refractivity contribution is -0.385. The predicted molar refractivity (Wildman–Crippen MR) is 92.5 cm³/mol. The standard InChI is InChI=1S/C18H18N4O3/c1-2-25-14-7-5-13(6-8-14)16-4-3-11-21(16)18-10-9-17(22(23)24)15(12-19)20-18/h5-10,16H,2-4,11H2,1H3. The van der Waals surface area contributed by atoms with Crippen molar-refractivity contribution in [3.8, 4) is 11.8 Å². The fraction of sp³-hybridized carbons (Fsp3) is 0.333. The highest BCUT2D eigenvalue weighted by Crippen LogP contribution is 2.36. The molecule has 25 heavy (non-hydrogen) atoms. The molecule has 0 radical (unpaired) electrons. The molecule has 2 heterocycles. The Morgan fingerprint density at radius 2 is 2.12 bits per heavy atom. The molecule has 1 aliphatic rings. The lowest BCUT2D eigenvalue weighted by Gasteiger charge is -2.26. The van der Waals surface area contributed by atoms with E-state index in [9.17, 15) is 10.1 Å². The van der Waals surface area contributed by atoms with Crippen LogP contribution in [-0.2, 0) is 0 Å². The zero-order chi connectivity index (χ0) is 17.8. The number of aromatic nitrogens is 1. The normalized spacial score (nSPS) is 16.5. The maximum absolute atomic E-state index is 11.0. The fourth-order valence-electron chi connectivity index (χ4n) is 3.17. The van der Waals surface area contributed by atoms with E-state index in [4.69, 9.17) is 10.00 Å². The molecule has 128 valence electrons. The summed E-state index contributed by atoms with van der Waals surface area (Å²) in [7, 11) is 0. The summed E-state index contributed by atoms with van der Waals surface area (Å²) in [6.45, 7) is 3.37. The van der Waals surface area contributed by atoms with Gasteiger partial charge in [0.2, 0.25) is 5.69 Å². The van der Waals surface area contributed by atoms with Crippen LogP contribution in [0, 0.1) is 21.4 Å². The first-order valence-electron chi connectivity index (χ1n) is 8.19. The summed E-state index contributed by atoms with van der Waals surface area (Å²) in [6.07, 6.45) is 1.97. The van der Waals surface area contributed by atoms with E-state index in [-0.39, 0.29) is 17.4 Å². The van der Waals surface area contributed by atoms with Gasteiger partial charge in [-0.1, -0.05) is 12.1 Å². The lowest BCUT2D eigenvalue weighted by Crippen LogP contribution is -2.23. The van der Waals surface area contributed by atoms with Gasteiger partial charge in [-0.15, -0.1) is 0 Å². The molecule has 0 aliphatic carbocycles. The number of ether oxygens (including phenoxy) is 1. The van der Waals surface area contributed by atoms with Crippen LogP contribution in [0.1, 0.15) is 37.1 Å². The van der Waals surface area contributed by atoms with Crippen LogP contribution in [-0.4, -0.2) is 23.1 Å². The molecule has 0 amide bonds. The fourth-order valence-corrected chi connectivity index (χ4v) is 3.17. The average molecular weight is 338 g/mol. The topological polar surface area (TPSA) is 92.3 Å². The highest BCUT2D eigenvalue weighted by atomic mass is 16.6. The van der Waals surface area contributed by atoms with Crippen LogP contribution in [0.2, 0.25) is 0 Å². The van der Waals surface area contributed by atoms with Crippen LogP contribution in [0.5, 0.6) is 5.75 Å². The summed E-state index contributed by atoms with van der Waals surface area (Å²) in [5.74, 6) is 1.43. The molecule has 0 spiro atoms. The number of anilines is 1. The zero-order valence-electron chi connectivity index (χ0n) is 13.9. The van der Waals surface area contributed by atoms with Crippen LogP contribution in [0.15, 0.2) is 36.4 Å². The maximum atomic E-state index is 11.0. The molecule has 2 aromatic rings. The molecular formula is C18H18N4O3. The molecule has 7 nitrogen and oxygen atoms in total. The van der Waals surface area contributed by atoms with Gasteiger partial charge in [0, 0.05) is 12.6 Å². The summed E-state index contributed by atoms with van der Waals surface area (Å²) >= 11 is 0. The number of nitrogens with zero attached hydrogens (tertiary/aromatic N) is 4. The number of rotatable bonds is 5. The monoisotopic (exact) mass is 338 g/mol. The van der Waals surface area contributed by atoms with E-state index >= 15 is 0 Å². The third-order valence-electron chi connectivity index (χ3n) is 4.28. The summed E-state index contributed by atoms with van der Waals surface area (Å²) in [5, 5.41) is 20.1. The Morgan fingerprint density at radius 1 is 1.36 bits per heavy atom. The molecule has 0 saturated carbocycles. The number of benzene rings is 1. The molecule has 0 N–H and O–H groups in total. The Kier molecular flexibility index (Phi) is 4.80. The SMILES string of the molecule is CCOc1ccc(C2CCCN2c2ccc([N+](=O)[O-])c(C#N)n2)cc1. The van der Waals surface area contributed by atoms with Gasteiger partial charge in [0.1, 0.15) is 17.6 Å². The third-order valence-corrected chi connectivity index (χ3v) is 4.28. The minimum atomic E-state index is -0.580. The van der Waals surface area contributed by atoms with Crippen LogP contribution in [0.3, 0.4) is 0 Å². The number of nitriles is 1. The van der Waals surface area contributed by atoms with Gasteiger partial charge in [0.05, 0.1) is 17.6 Å². The van der Waals surface area contributed by atoms with Crippen molar-refractivity contribution in [3.63, 3.8) is 0 Å². The molecule has 1 atom stereocenters. The molecule has 1 fully saturated rings. The van der Waals surface area contributed by atoms with Gasteiger partial charge in [0.25, 0.3) is 0 Å². The van der Waals surface area contributed by atoms with E-state index < -0.39 is 4.92 Å².